The first-order valence-corrected chi connectivity index (χ1v) is 8.84. The SMILES string of the molecule is COC(=O)C(Cc1c[nH]c2ccccc12)NC(=O)C=Cc1cccc([N+](=O)[O-])c1. The molecule has 1 heterocycles. The number of nitrogens with one attached hydrogen (secondary N) is 2. The van der Waals surface area contributed by atoms with Crippen LogP contribution in [0.2, 0.25) is 0 Å². The fourth-order valence-corrected chi connectivity index (χ4v) is 2.99. The summed E-state index contributed by atoms with van der Waals surface area (Å²) in [5.41, 5.74) is 2.24. The number of fused-ring (bicyclic) bond motifs is 1. The van der Waals surface area contributed by atoms with E-state index in [0.717, 1.165) is 16.5 Å². The average Bonchev–Trinajstić information content (AvgIpc) is 3.14. The van der Waals surface area contributed by atoms with E-state index in [-0.39, 0.29) is 12.1 Å². The number of H-pyrrole nitrogens is 1. The Bertz CT molecular complexity index is 1090. The lowest BCUT2D eigenvalue weighted by Gasteiger charge is -2.15. The van der Waals surface area contributed by atoms with Crippen molar-refractivity contribution in [1.82, 2.24) is 10.3 Å². The molecule has 3 aromatic rings. The van der Waals surface area contributed by atoms with Gasteiger partial charge in [-0.2, -0.15) is 0 Å². The summed E-state index contributed by atoms with van der Waals surface area (Å²) in [6, 6.07) is 12.7. The Balaban J connectivity index is 1.73. The van der Waals surface area contributed by atoms with Crippen LogP contribution in [0.3, 0.4) is 0 Å². The van der Waals surface area contributed by atoms with Gasteiger partial charge < -0.3 is 15.0 Å². The second-order valence-corrected chi connectivity index (χ2v) is 6.33. The maximum absolute atomic E-state index is 12.3. The van der Waals surface area contributed by atoms with Gasteiger partial charge in [-0.1, -0.05) is 30.3 Å². The minimum atomic E-state index is -0.874. The highest BCUT2D eigenvalue weighted by Crippen LogP contribution is 2.19. The van der Waals surface area contributed by atoms with Gasteiger partial charge in [0.15, 0.2) is 0 Å². The molecule has 29 heavy (non-hydrogen) atoms. The highest BCUT2D eigenvalue weighted by molar-refractivity contribution is 5.95. The van der Waals surface area contributed by atoms with E-state index < -0.39 is 22.8 Å². The van der Waals surface area contributed by atoms with Crippen molar-refractivity contribution < 1.29 is 19.2 Å². The molecule has 8 heteroatoms. The van der Waals surface area contributed by atoms with Crippen LogP contribution in [0.4, 0.5) is 5.69 Å². The largest absolute Gasteiger partial charge is 0.467 e. The van der Waals surface area contributed by atoms with E-state index in [2.05, 4.69) is 10.3 Å². The first kappa shape index (κ1) is 19.8. The number of aromatic nitrogens is 1. The number of non-ortho nitro benzene ring substituents is 1. The molecule has 0 aliphatic carbocycles. The summed E-state index contributed by atoms with van der Waals surface area (Å²) in [5.74, 6) is -1.07. The molecule has 0 aliphatic rings. The minimum Gasteiger partial charge on any atom is -0.467 e. The Morgan fingerprint density at radius 2 is 2.03 bits per heavy atom. The standard InChI is InChI=1S/C21H19N3O5/c1-29-21(26)19(12-15-13-22-18-8-3-2-7-17(15)18)23-20(25)10-9-14-5-4-6-16(11-14)24(27)28/h2-11,13,19,22H,12H2,1H3,(H,23,25). The Kier molecular flexibility index (Phi) is 6.03. The van der Waals surface area contributed by atoms with E-state index in [0.29, 0.717) is 5.56 Å². The van der Waals surface area contributed by atoms with Crippen molar-refractivity contribution in [2.45, 2.75) is 12.5 Å². The van der Waals surface area contributed by atoms with Gasteiger partial charge in [0.05, 0.1) is 12.0 Å². The highest BCUT2D eigenvalue weighted by Gasteiger charge is 2.22. The van der Waals surface area contributed by atoms with Crippen molar-refractivity contribution in [3.8, 4) is 0 Å². The van der Waals surface area contributed by atoms with Gasteiger partial charge in [-0.05, 0) is 23.3 Å². The fourth-order valence-electron chi connectivity index (χ4n) is 2.99. The molecule has 0 bridgehead atoms. The average molecular weight is 393 g/mol. The van der Waals surface area contributed by atoms with Crippen molar-refractivity contribution in [3.05, 3.63) is 82.0 Å². The highest BCUT2D eigenvalue weighted by atomic mass is 16.6. The molecule has 0 spiro atoms. The lowest BCUT2D eigenvalue weighted by atomic mass is 10.0. The molecule has 1 atom stereocenters. The smallest absolute Gasteiger partial charge is 0.328 e. The van der Waals surface area contributed by atoms with E-state index in [1.54, 1.807) is 12.3 Å². The number of esters is 1. The van der Waals surface area contributed by atoms with Crippen molar-refractivity contribution in [3.63, 3.8) is 0 Å². The summed E-state index contributed by atoms with van der Waals surface area (Å²) in [6.07, 6.45) is 4.73. The first-order valence-electron chi connectivity index (χ1n) is 8.84. The number of para-hydroxylation sites is 1. The second kappa shape index (κ2) is 8.83. The maximum Gasteiger partial charge on any atom is 0.328 e. The number of hydrogen-bond acceptors (Lipinski definition) is 5. The van der Waals surface area contributed by atoms with Gasteiger partial charge in [-0.25, -0.2) is 4.79 Å². The summed E-state index contributed by atoms with van der Waals surface area (Å²) >= 11 is 0. The number of nitro benzene ring substituents is 1. The van der Waals surface area contributed by atoms with Crippen LogP contribution < -0.4 is 5.32 Å². The van der Waals surface area contributed by atoms with Crippen LogP contribution in [0.1, 0.15) is 11.1 Å². The molecule has 0 saturated heterocycles. The van der Waals surface area contributed by atoms with Gasteiger partial charge in [0.25, 0.3) is 5.69 Å². The molecule has 2 aromatic carbocycles. The second-order valence-electron chi connectivity index (χ2n) is 6.33. The van der Waals surface area contributed by atoms with E-state index in [4.69, 9.17) is 4.74 Å². The minimum absolute atomic E-state index is 0.0701. The number of carbonyl (C=O) groups is 2. The van der Waals surface area contributed by atoms with Gasteiger partial charge in [-0.3, -0.25) is 14.9 Å². The monoisotopic (exact) mass is 393 g/mol. The Morgan fingerprint density at radius 3 is 2.79 bits per heavy atom. The summed E-state index contributed by atoms with van der Waals surface area (Å²) in [4.78, 5) is 37.9. The molecule has 148 valence electrons. The maximum atomic E-state index is 12.3. The molecule has 8 nitrogen and oxygen atoms in total. The molecule has 0 radical (unpaired) electrons. The molecule has 1 amide bonds. The van der Waals surface area contributed by atoms with Crippen LogP contribution in [-0.2, 0) is 20.7 Å². The molecule has 1 unspecified atom stereocenters. The predicted molar refractivity (Wildman–Crippen MR) is 108 cm³/mol. The summed E-state index contributed by atoms with van der Waals surface area (Å²) in [7, 11) is 1.26. The fraction of sp³-hybridized carbons (Fsp3) is 0.143. The summed E-state index contributed by atoms with van der Waals surface area (Å²) in [5, 5.41) is 14.4. The number of carbonyl (C=O) groups excluding carboxylic acids is 2. The van der Waals surface area contributed by atoms with Crippen molar-refractivity contribution in [1.29, 1.82) is 0 Å². The van der Waals surface area contributed by atoms with Crippen molar-refractivity contribution in [2.24, 2.45) is 0 Å². The molecule has 1 aromatic heterocycles. The van der Waals surface area contributed by atoms with E-state index in [9.17, 15) is 19.7 Å². The van der Waals surface area contributed by atoms with Crippen molar-refractivity contribution >= 4 is 34.5 Å². The number of methoxy groups -OCH3 is 1. The van der Waals surface area contributed by atoms with Crippen LogP contribution in [0, 0.1) is 10.1 Å². The molecular weight excluding hydrogens is 374 g/mol. The van der Waals surface area contributed by atoms with Gasteiger partial charge in [0, 0.05) is 41.7 Å². The number of ether oxygens (including phenoxy) is 1. The summed E-state index contributed by atoms with van der Waals surface area (Å²) < 4.78 is 4.82. The van der Waals surface area contributed by atoms with Gasteiger partial charge in [0.2, 0.25) is 5.91 Å². The molecule has 2 N–H and O–H groups in total. The predicted octanol–water partition coefficient (Wildman–Crippen LogP) is 2.99. The molecule has 0 saturated carbocycles. The lowest BCUT2D eigenvalue weighted by molar-refractivity contribution is -0.384. The van der Waals surface area contributed by atoms with Crippen LogP contribution in [0.5, 0.6) is 0 Å². The quantitative estimate of drug-likeness (QED) is 0.277. The van der Waals surface area contributed by atoms with Crippen LogP contribution >= 0.6 is 0 Å². The zero-order valence-electron chi connectivity index (χ0n) is 15.6. The van der Waals surface area contributed by atoms with Crippen LogP contribution in [0.15, 0.2) is 60.8 Å². The third-order valence-electron chi connectivity index (χ3n) is 4.41. The van der Waals surface area contributed by atoms with Crippen LogP contribution in [0.25, 0.3) is 17.0 Å². The molecule has 3 rings (SSSR count). The summed E-state index contributed by atoms with van der Waals surface area (Å²) in [6.45, 7) is 0. The number of nitrogens with zero attached hydrogens (tertiary/aromatic N) is 1. The zero-order chi connectivity index (χ0) is 20.8. The van der Waals surface area contributed by atoms with E-state index >= 15 is 0 Å². The Hall–Kier alpha value is -3.94. The Morgan fingerprint density at radius 1 is 1.24 bits per heavy atom. The van der Waals surface area contributed by atoms with Crippen LogP contribution in [-0.4, -0.2) is 34.9 Å². The molecule has 0 aliphatic heterocycles. The number of aromatic amines is 1. The van der Waals surface area contributed by atoms with Gasteiger partial charge >= 0.3 is 5.97 Å². The third kappa shape index (κ3) is 4.86. The number of benzene rings is 2. The zero-order valence-corrected chi connectivity index (χ0v) is 15.6. The normalized spacial score (nSPS) is 12.0. The number of hydrogen-bond donors (Lipinski definition) is 2. The van der Waals surface area contributed by atoms with Gasteiger partial charge in [0.1, 0.15) is 6.04 Å². The topological polar surface area (TPSA) is 114 Å². The first-order chi connectivity index (χ1) is 14.0. The van der Waals surface area contributed by atoms with Crippen molar-refractivity contribution in [2.75, 3.05) is 7.11 Å². The Labute approximate surface area is 166 Å². The number of rotatable bonds is 7. The van der Waals surface area contributed by atoms with E-state index in [1.165, 1.54) is 37.5 Å². The lowest BCUT2D eigenvalue weighted by Crippen LogP contribution is -2.42. The molecule has 0 fully saturated rings. The molecular formula is C21H19N3O5. The number of nitro groups is 1. The van der Waals surface area contributed by atoms with Gasteiger partial charge in [-0.15, -0.1) is 0 Å². The third-order valence-corrected chi connectivity index (χ3v) is 4.41. The number of amides is 1. The van der Waals surface area contributed by atoms with E-state index in [1.807, 2.05) is 24.3 Å².